The third kappa shape index (κ3) is 4.09. The monoisotopic (exact) mass is 198 g/mol. The molecule has 1 aliphatic rings. The molecule has 1 heterocycles. The van der Waals surface area contributed by atoms with E-state index in [0.29, 0.717) is 0 Å². The van der Waals surface area contributed by atoms with Gasteiger partial charge in [0.2, 0.25) is 0 Å². The van der Waals surface area contributed by atoms with E-state index in [1.54, 1.807) is 7.11 Å². The quantitative estimate of drug-likeness (QED) is 0.752. The Morgan fingerprint density at radius 2 is 2.14 bits per heavy atom. The van der Waals surface area contributed by atoms with Crippen LogP contribution in [0.15, 0.2) is 4.99 Å². The fourth-order valence-corrected chi connectivity index (χ4v) is 1.41. The second kappa shape index (κ2) is 5.35. The maximum Gasteiger partial charge on any atom is 0.0964 e. The molecule has 0 spiro atoms. The van der Waals surface area contributed by atoms with Crippen LogP contribution in [0, 0.1) is 0 Å². The summed E-state index contributed by atoms with van der Waals surface area (Å²) < 4.78 is 5.34. The van der Waals surface area contributed by atoms with Gasteiger partial charge in [0, 0.05) is 26.6 Å². The lowest BCUT2D eigenvalue weighted by molar-refractivity contribution is 0.0269. The Labute approximate surface area is 86.9 Å². The van der Waals surface area contributed by atoms with E-state index in [1.165, 1.54) is 19.3 Å². The molecule has 0 bridgehead atoms. The molecule has 1 aliphatic heterocycles. The zero-order valence-corrected chi connectivity index (χ0v) is 9.60. The van der Waals surface area contributed by atoms with Crippen LogP contribution >= 0.6 is 0 Å². The van der Waals surface area contributed by atoms with Crippen molar-refractivity contribution in [2.45, 2.75) is 45.1 Å². The Kier molecular flexibility index (Phi) is 4.39. The maximum atomic E-state index is 5.34. The van der Waals surface area contributed by atoms with Crippen molar-refractivity contribution >= 4 is 5.84 Å². The van der Waals surface area contributed by atoms with Gasteiger partial charge in [-0.25, -0.2) is 0 Å². The first-order chi connectivity index (χ1) is 6.64. The highest BCUT2D eigenvalue weighted by Gasteiger charge is 2.16. The summed E-state index contributed by atoms with van der Waals surface area (Å²) in [6.45, 7) is 5.98. The Hall–Kier alpha value is -0.570. The summed E-state index contributed by atoms with van der Waals surface area (Å²) in [4.78, 5) is 4.51. The van der Waals surface area contributed by atoms with Gasteiger partial charge in [0.05, 0.1) is 11.4 Å². The second-order valence-electron chi connectivity index (χ2n) is 4.46. The smallest absolute Gasteiger partial charge is 0.0964 e. The van der Waals surface area contributed by atoms with E-state index in [1.807, 2.05) is 0 Å². The SMILES string of the molecule is COC(C)(C)CNC1=NCCCCC1. The summed E-state index contributed by atoms with van der Waals surface area (Å²) in [7, 11) is 1.75. The zero-order valence-electron chi connectivity index (χ0n) is 9.60. The summed E-state index contributed by atoms with van der Waals surface area (Å²) in [5.41, 5.74) is -0.102. The first-order valence-corrected chi connectivity index (χ1v) is 5.46. The highest BCUT2D eigenvalue weighted by Crippen LogP contribution is 2.08. The molecule has 0 fully saturated rings. The number of rotatable bonds is 3. The molecule has 0 amide bonds. The Morgan fingerprint density at radius 3 is 2.86 bits per heavy atom. The second-order valence-corrected chi connectivity index (χ2v) is 4.46. The van der Waals surface area contributed by atoms with E-state index >= 15 is 0 Å². The fraction of sp³-hybridized carbons (Fsp3) is 0.909. The molecule has 0 aromatic carbocycles. The number of hydrogen-bond acceptors (Lipinski definition) is 3. The maximum absolute atomic E-state index is 5.34. The van der Waals surface area contributed by atoms with Crippen molar-refractivity contribution in [3.63, 3.8) is 0 Å². The van der Waals surface area contributed by atoms with Crippen molar-refractivity contribution in [2.75, 3.05) is 20.2 Å². The van der Waals surface area contributed by atoms with Crippen molar-refractivity contribution in [2.24, 2.45) is 4.99 Å². The van der Waals surface area contributed by atoms with Gasteiger partial charge in [-0.3, -0.25) is 4.99 Å². The van der Waals surface area contributed by atoms with Crippen LogP contribution in [0.3, 0.4) is 0 Å². The standard InChI is InChI=1S/C11H22N2O/c1-11(2,14-3)9-13-10-7-5-4-6-8-12-10/h4-9H2,1-3H3,(H,12,13). The van der Waals surface area contributed by atoms with Crippen LogP contribution in [0.4, 0.5) is 0 Å². The normalized spacial score (nSPS) is 18.6. The summed E-state index contributed by atoms with van der Waals surface area (Å²) >= 11 is 0. The number of nitrogens with one attached hydrogen (secondary N) is 1. The van der Waals surface area contributed by atoms with Crippen molar-refractivity contribution < 1.29 is 4.74 Å². The van der Waals surface area contributed by atoms with Gasteiger partial charge in [0.15, 0.2) is 0 Å². The molecular formula is C11H22N2O. The van der Waals surface area contributed by atoms with E-state index in [4.69, 9.17) is 4.74 Å². The van der Waals surface area contributed by atoms with E-state index in [0.717, 1.165) is 25.3 Å². The zero-order chi connectivity index (χ0) is 10.4. The Morgan fingerprint density at radius 1 is 1.36 bits per heavy atom. The summed E-state index contributed by atoms with van der Waals surface area (Å²) in [6, 6.07) is 0. The van der Waals surface area contributed by atoms with Gasteiger partial charge < -0.3 is 10.1 Å². The predicted molar refractivity (Wildman–Crippen MR) is 59.9 cm³/mol. The van der Waals surface area contributed by atoms with Crippen LogP contribution < -0.4 is 5.32 Å². The molecule has 1 N–H and O–H groups in total. The van der Waals surface area contributed by atoms with Crippen LogP contribution in [0.1, 0.15) is 39.5 Å². The Bertz CT molecular complexity index is 199. The third-order valence-electron chi connectivity index (χ3n) is 2.65. The van der Waals surface area contributed by atoms with E-state index in [9.17, 15) is 0 Å². The number of methoxy groups -OCH3 is 1. The van der Waals surface area contributed by atoms with Gasteiger partial charge in [0.25, 0.3) is 0 Å². The van der Waals surface area contributed by atoms with Crippen molar-refractivity contribution in [1.82, 2.24) is 5.32 Å². The van der Waals surface area contributed by atoms with Crippen LogP contribution in [-0.2, 0) is 4.74 Å². The number of hydrogen-bond donors (Lipinski definition) is 1. The van der Waals surface area contributed by atoms with Crippen molar-refractivity contribution in [3.8, 4) is 0 Å². The van der Waals surface area contributed by atoms with Gasteiger partial charge in [0.1, 0.15) is 0 Å². The average Bonchev–Trinajstić information content (AvgIpc) is 2.43. The highest BCUT2D eigenvalue weighted by molar-refractivity contribution is 5.82. The first-order valence-electron chi connectivity index (χ1n) is 5.46. The van der Waals surface area contributed by atoms with Crippen molar-refractivity contribution in [1.29, 1.82) is 0 Å². The molecule has 3 nitrogen and oxygen atoms in total. The molecule has 0 aromatic heterocycles. The third-order valence-corrected chi connectivity index (χ3v) is 2.65. The fourth-order valence-electron chi connectivity index (χ4n) is 1.41. The molecule has 14 heavy (non-hydrogen) atoms. The Balaban J connectivity index is 2.32. The summed E-state index contributed by atoms with van der Waals surface area (Å²) in [6.07, 6.45) is 4.90. The van der Waals surface area contributed by atoms with E-state index < -0.39 is 0 Å². The molecule has 0 radical (unpaired) electrons. The van der Waals surface area contributed by atoms with Crippen LogP contribution in [0.2, 0.25) is 0 Å². The molecule has 0 aliphatic carbocycles. The molecule has 0 aromatic rings. The lowest BCUT2D eigenvalue weighted by atomic mass is 10.1. The molecule has 1 rings (SSSR count). The van der Waals surface area contributed by atoms with E-state index in [2.05, 4.69) is 24.2 Å². The van der Waals surface area contributed by atoms with Crippen LogP contribution in [0.5, 0.6) is 0 Å². The van der Waals surface area contributed by atoms with Crippen LogP contribution in [-0.4, -0.2) is 31.6 Å². The first kappa shape index (κ1) is 11.5. The minimum absolute atomic E-state index is 0.102. The lowest BCUT2D eigenvalue weighted by Crippen LogP contribution is -2.39. The van der Waals surface area contributed by atoms with Gasteiger partial charge in [-0.15, -0.1) is 0 Å². The molecule has 0 saturated heterocycles. The lowest BCUT2D eigenvalue weighted by Gasteiger charge is -2.24. The molecule has 0 atom stereocenters. The highest BCUT2D eigenvalue weighted by atomic mass is 16.5. The minimum Gasteiger partial charge on any atom is -0.377 e. The van der Waals surface area contributed by atoms with Gasteiger partial charge in [-0.1, -0.05) is 6.42 Å². The topological polar surface area (TPSA) is 33.6 Å². The van der Waals surface area contributed by atoms with Crippen molar-refractivity contribution in [3.05, 3.63) is 0 Å². The number of nitrogens with zero attached hydrogens (tertiary/aromatic N) is 1. The molecule has 82 valence electrons. The number of ether oxygens (including phenoxy) is 1. The summed E-state index contributed by atoms with van der Waals surface area (Å²) in [5, 5.41) is 3.38. The van der Waals surface area contributed by atoms with E-state index in [-0.39, 0.29) is 5.60 Å². The molecular weight excluding hydrogens is 176 g/mol. The number of aliphatic imine (C=N–C) groups is 1. The molecule has 0 saturated carbocycles. The average molecular weight is 198 g/mol. The largest absolute Gasteiger partial charge is 0.377 e. The predicted octanol–water partition coefficient (Wildman–Crippen LogP) is 1.97. The molecule has 0 unspecified atom stereocenters. The van der Waals surface area contributed by atoms with Gasteiger partial charge >= 0.3 is 0 Å². The van der Waals surface area contributed by atoms with Gasteiger partial charge in [-0.05, 0) is 26.7 Å². The van der Waals surface area contributed by atoms with Gasteiger partial charge in [-0.2, -0.15) is 0 Å². The summed E-state index contributed by atoms with van der Waals surface area (Å²) in [5.74, 6) is 1.16. The number of amidine groups is 1. The van der Waals surface area contributed by atoms with Crippen LogP contribution in [0.25, 0.3) is 0 Å². The molecule has 3 heteroatoms. The minimum atomic E-state index is -0.102.